The van der Waals surface area contributed by atoms with Crippen molar-refractivity contribution in [2.24, 2.45) is 0 Å². The Morgan fingerprint density at radius 2 is 1.31 bits per heavy atom. The SMILES string of the molecule is COc1ccc(COc2cnc(C(=O)O)cc2OCc2ccc(OC)cc2)cc1. The quantitative estimate of drug-likeness (QED) is 0.587. The van der Waals surface area contributed by atoms with Gasteiger partial charge in [0.05, 0.1) is 20.4 Å². The van der Waals surface area contributed by atoms with Gasteiger partial charge in [0, 0.05) is 6.07 Å². The number of nitrogens with zero attached hydrogens (tertiary/aromatic N) is 1. The highest BCUT2D eigenvalue weighted by Gasteiger charge is 2.13. The number of carboxylic acids is 1. The van der Waals surface area contributed by atoms with Crippen LogP contribution in [0.5, 0.6) is 23.0 Å². The molecule has 1 heterocycles. The minimum atomic E-state index is -1.14. The molecular formula is C22H21NO6. The molecule has 3 rings (SSSR count). The summed E-state index contributed by atoms with van der Waals surface area (Å²) in [5.41, 5.74) is 1.71. The van der Waals surface area contributed by atoms with E-state index in [4.69, 9.17) is 18.9 Å². The lowest BCUT2D eigenvalue weighted by molar-refractivity contribution is 0.0689. The fourth-order valence-corrected chi connectivity index (χ4v) is 2.53. The van der Waals surface area contributed by atoms with Crippen LogP contribution >= 0.6 is 0 Å². The van der Waals surface area contributed by atoms with E-state index >= 15 is 0 Å². The molecule has 0 fully saturated rings. The van der Waals surface area contributed by atoms with Crippen molar-refractivity contribution < 1.29 is 28.8 Å². The van der Waals surface area contributed by atoms with Crippen LogP contribution in [-0.2, 0) is 13.2 Å². The third kappa shape index (κ3) is 5.38. The zero-order valence-corrected chi connectivity index (χ0v) is 16.1. The second kappa shape index (κ2) is 9.45. The number of ether oxygens (including phenoxy) is 4. The molecule has 7 heteroatoms. The first-order valence-electron chi connectivity index (χ1n) is 8.84. The molecule has 0 saturated carbocycles. The van der Waals surface area contributed by atoms with Gasteiger partial charge in [0.1, 0.15) is 24.7 Å². The summed E-state index contributed by atoms with van der Waals surface area (Å²) in [5.74, 6) is 1.03. The van der Waals surface area contributed by atoms with Gasteiger partial charge in [-0.25, -0.2) is 9.78 Å². The Hall–Kier alpha value is -3.74. The van der Waals surface area contributed by atoms with Crippen molar-refractivity contribution in [3.8, 4) is 23.0 Å². The number of carbonyl (C=O) groups is 1. The number of pyridine rings is 1. The molecule has 1 aromatic heterocycles. The minimum absolute atomic E-state index is 0.119. The van der Waals surface area contributed by atoms with Crippen LogP contribution in [0.25, 0.3) is 0 Å². The van der Waals surface area contributed by atoms with Crippen LogP contribution in [-0.4, -0.2) is 30.3 Å². The number of hydrogen-bond donors (Lipinski definition) is 1. The minimum Gasteiger partial charge on any atom is -0.497 e. The van der Waals surface area contributed by atoms with Crippen molar-refractivity contribution in [3.05, 3.63) is 77.6 Å². The Morgan fingerprint density at radius 1 is 0.828 bits per heavy atom. The molecule has 1 N–H and O–H groups in total. The summed E-state index contributed by atoms with van der Waals surface area (Å²) in [6, 6.07) is 16.2. The standard InChI is InChI=1S/C22H21NO6/c1-26-17-7-3-15(4-8-17)13-28-20-11-19(22(24)25)23-12-21(20)29-14-16-5-9-18(27-2)10-6-16/h3-12H,13-14H2,1-2H3,(H,24,25). The third-order valence-corrected chi connectivity index (χ3v) is 4.16. The summed E-state index contributed by atoms with van der Waals surface area (Å²) in [6.07, 6.45) is 1.36. The molecule has 0 radical (unpaired) electrons. The molecule has 0 aliphatic heterocycles. The average Bonchev–Trinajstić information content (AvgIpc) is 2.77. The maximum Gasteiger partial charge on any atom is 0.354 e. The maximum atomic E-state index is 11.3. The summed E-state index contributed by atoms with van der Waals surface area (Å²) in [4.78, 5) is 15.2. The summed E-state index contributed by atoms with van der Waals surface area (Å²) in [6.45, 7) is 0.517. The van der Waals surface area contributed by atoms with Crippen LogP contribution in [0.2, 0.25) is 0 Å². The fraction of sp³-hybridized carbons (Fsp3) is 0.182. The number of carboxylic acid groups (broad SMARTS) is 1. The van der Waals surface area contributed by atoms with Crippen molar-refractivity contribution in [3.63, 3.8) is 0 Å². The van der Waals surface area contributed by atoms with Gasteiger partial charge in [-0.05, 0) is 35.4 Å². The molecule has 0 bridgehead atoms. The fourth-order valence-electron chi connectivity index (χ4n) is 2.53. The van der Waals surface area contributed by atoms with Crippen LogP contribution in [0.15, 0.2) is 60.8 Å². The van der Waals surface area contributed by atoms with Gasteiger partial charge < -0.3 is 24.1 Å². The van der Waals surface area contributed by atoms with Crippen molar-refractivity contribution >= 4 is 5.97 Å². The van der Waals surface area contributed by atoms with E-state index in [1.807, 2.05) is 48.5 Å². The molecule has 0 aliphatic rings. The largest absolute Gasteiger partial charge is 0.497 e. The molecule has 7 nitrogen and oxygen atoms in total. The van der Waals surface area contributed by atoms with Gasteiger partial charge in [0.15, 0.2) is 17.2 Å². The summed E-state index contributed by atoms with van der Waals surface area (Å²) >= 11 is 0. The first-order valence-corrected chi connectivity index (χ1v) is 8.84. The predicted octanol–water partition coefficient (Wildman–Crippen LogP) is 3.96. The Kier molecular flexibility index (Phi) is 6.52. The van der Waals surface area contributed by atoms with Gasteiger partial charge in [-0.3, -0.25) is 0 Å². The predicted molar refractivity (Wildman–Crippen MR) is 106 cm³/mol. The van der Waals surface area contributed by atoms with Crippen molar-refractivity contribution in [2.45, 2.75) is 13.2 Å². The van der Waals surface area contributed by atoms with Gasteiger partial charge in [-0.15, -0.1) is 0 Å². The molecule has 0 saturated heterocycles. The lowest BCUT2D eigenvalue weighted by atomic mass is 10.2. The average molecular weight is 395 g/mol. The van der Waals surface area contributed by atoms with Crippen LogP contribution in [0.3, 0.4) is 0 Å². The van der Waals surface area contributed by atoms with Gasteiger partial charge in [-0.2, -0.15) is 0 Å². The highest BCUT2D eigenvalue weighted by Crippen LogP contribution is 2.29. The summed E-state index contributed by atoms with van der Waals surface area (Å²) in [5, 5.41) is 9.22. The molecule has 0 amide bonds. The van der Waals surface area contributed by atoms with Crippen LogP contribution in [0.1, 0.15) is 21.6 Å². The Bertz CT molecular complexity index is 954. The van der Waals surface area contributed by atoms with Crippen molar-refractivity contribution in [1.29, 1.82) is 0 Å². The lowest BCUT2D eigenvalue weighted by Gasteiger charge is -2.13. The van der Waals surface area contributed by atoms with E-state index in [0.717, 1.165) is 22.6 Å². The number of methoxy groups -OCH3 is 2. The second-order valence-electron chi connectivity index (χ2n) is 6.09. The monoisotopic (exact) mass is 395 g/mol. The molecule has 2 aromatic carbocycles. The van der Waals surface area contributed by atoms with Crippen molar-refractivity contribution in [2.75, 3.05) is 14.2 Å². The molecule has 3 aromatic rings. The lowest BCUT2D eigenvalue weighted by Crippen LogP contribution is -2.05. The first kappa shape index (κ1) is 20.0. The van der Waals surface area contributed by atoms with Crippen LogP contribution in [0, 0.1) is 0 Å². The number of hydrogen-bond acceptors (Lipinski definition) is 6. The topological polar surface area (TPSA) is 87.1 Å². The normalized spacial score (nSPS) is 10.3. The third-order valence-electron chi connectivity index (χ3n) is 4.16. The smallest absolute Gasteiger partial charge is 0.354 e. The van der Waals surface area contributed by atoms with Crippen LogP contribution < -0.4 is 18.9 Å². The molecular weight excluding hydrogens is 374 g/mol. The van der Waals surface area contributed by atoms with E-state index < -0.39 is 5.97 Å². The van der Waals surface area contributed by atoms with Crippen molar-refractivity contribution in [1.82, 2.24) is 4.98 Å². The van der Waals surface area contributed by atoms with E-state index in [9.17, 15) is 9.90 Å². The Morgan fingerprint density at radius 3 is 1.76 bits per heavy atom. The van der Waals surface area contributed by atoms with E-state index in [2.05, 4.69) is 4.98 Å². The van der Waals surface area contributed by atoms with E-state index in [0.29, 0.717) is 11.5 Å². The number of aromatic carboxylic acids is 1. The molecule has 150 valence electrons. The Labute approximate surface area is 168 Å². The highest BCUT2D eigenvalue weighted by molar-refractivity contribution is 5.86. The van der Waals surface area contributed by atoms with Crippen LogP contribution in [0.4, 0.5) is 0 Å². The second-order valence-corrected chi connectivity index (χ2v) is 6.09. The van der Waals surface area contributed by atoms with Gasteiger partial charge in [0.25, 0.3) is 0 Å². The molecule has 0 spiro atoms. The number of benzene rings is 2. The molecule has 29 heavy (non-hydrogen) atoms. The summed E-state index contributed by atoms with van der Waals surface area (Å²) < 4.78 is 21.9. The molecule has 0 unspecified atom stereocenters. The Balaban J connectivity index is 1.73. The molecule has 0 aliphatic carbocycles. The van der Waals surface area contributed by atoms with E-state index in [-0.39, 0.29) is 18.9 Å². The molecule has 0 atom stereocenters. The highest BCUT2D eigenvalue weighted by atomic mass is 16.5. The number of rotatable bonds is 9. The van der Waals surface area contributed by atoms with E-state index in [1.165, 1.54) is 12.3 Å². The zero-order valence-electron chi connectivity index (χ0n) is 16.1. The van der Waals surface area contributed by atoms with E-state index in [1.54, 1.807) is 14.2 Å². The number of aromatic nitrogens is 1. The van der Waals surface area contributed by atoms with Gasteiger partial charge >= 0.3 is 5.97 Å². The zero-order chi connectivity index (χ0) is 20.6. The van der Waals surface area contributed by atoms with Gasteiger partial charge in [0.2, 0.25) is 0 Å². The summed E-state index contributed by atoms with van der Waals surface area (Å²) in [7, 11) is 3.20. The van der Waals surface area contributed by atoms with Gasteiger partial charge in [-0.1, -0.05) is 24.3 Å². The first-order chi connectivity index (χ1) is 14.1. The maximum absolute atomic E-state index is 11.3.